The van der Waals surface area contributed by atoms with E-state index < -0.39 is 0 Å². The molecular formula is C8H13. The molecule has 0 nitrogen and oxygen atoms in total. The Morgan fingerprint density at radius 3 is 2.50 bits per heavy atom. The fourth-order valence-corrected chi connectivity index (χ4v) is 0.381. The van der Waals surface area contributed by atoms with Crippen LogP contribution in [-0.4, -0.2) is 0 Å². The first-order chi connectivity index (χ1) is 3.77. The lowest BCUT2D eigenvalue weighted by atomic mass is 10.2. The van der Waals surface area contributed by atoms with Gasteiger partial charge in [-0.25, -0.2) is 0 Å². The highest BCUT2D eigenvalue weighted by molar-refractivity contribution is 4.95. The summed E-state index contributed by atoms with van der Waals surface area (Å²) in [5, 5.41) is 0. The van der Waals surface area contributed by atoms with Crippen LogP contribution in [0.3, 0.4) is 0 Å². The van der Waals surface area contributed by atoms with Gasteiger partial charge < -0.3 is 0 Å². The highest BCUT2D eigenvalue weighted by Crippen LogP contribution is 1.91. The van der Waals surface area contributed by atoms with Gasteiger partial charge in [-0.05, 0) is 33.3 Å². The molecule has 1 radical (unpaired) electrons. The van der Waals surface area contributed by atoms with Crippen molar-refractivity contribution in [3.63, 3.8) is 0 Å². The van der Waals surface area contributed by atoms with Gasteiger partial charge in [0.15, 0.2) is 0 Å². The van der Waals surface area contributed by atoms with Crippen LogP contribution in [0, 0.1) is 6.08 Å². The van der Waals surface area contributed by atoms with Crippen LogP contribution >= 0.6 is 0 Å². The molecule has 0 aliphatic carbocycles. The second-order valence-electron chi connectivity index (χ2n) is 1.98. The lowest BCUT2D eigenvalue weighted by molar-refractivity contribution is 1.25. The highest BCUT2D eigenvalue weighted by Gasteiger charge is 1.71. The van der Waals surface area contributed by atoms with Gasteiger partial charge in [0.1, 0.15) is 0 Å². The third-order valence-electron chi connectivity index (χ3n) is 0.832. The second-order valence-corrected chi connectivity index (χ2v) is 1.98. The van der Waals surface area contributed by atoms with Crippen molar-refractivity contribution in [2.24, 2.45) is 0 Å². The normalized spacial score (nSPS) is 9.88. The molecule has 0 bridgehead atoms. The summed E-state index contributed by atoms with van der Waals surface area (Å²) >= 11 is 0. The maximum Gasteiger partial charge on any atom is -0.00955 e. The molecule has 0 saturated heterocycles. The fourth-order valence-electron chi connectivity index (χ4n) is 0.381. The predicted molar refractivity (Wildman–Crippen MR) is 37.5 cm³/mol. The SMILES string of the molecule is C/C=[C]/CC=C(C)C. The average molecular weight is 109 g/mol. The molecule has 8 heavy (non-hydrogen) atoms. The van der Waals surface area contributed by atoms with Gasteiger partial charge in [0.2, 0.25) is 0 Å². The number of hydrogen-bond acceptors (Lipinski definition) is 0. The fraction of sp³-hybridized carbons (Fsp3) is 0.500. The van der Waals surface area contributed by atoms with Gasteiger partial charge in [-0.15, -0.1) is 0 Å². The molecule has 45 valence electrons. The van der Waals surface area contributed by atoms with Gasteiger partial charge in [-0.1, -0.05) is 17.7 Å². The van der Waals surface area contributed by atoms with Crippen molar-refractivity contribution >= 4 is 0 Å². The van der Waals surface area contributed by atoms with Crippen LogP contribution in [-0.2, 0) is 0 Å². The van der Waals surface area contributed by atoms with E-state index in [2.05, 4.69) is 26.0 Å². The minimum absolute atomic E-state index is 0.957. The van der Waals surface area contributed by atoms with Crippen molar-refractivity contribution in [2.75, 3.05) is 0 Å². The molecule has 0 amide bonds. The van der Waals surface area contributed by atoms with E-state index in [4.69, 9.17) is 0 Å². The maximum atomic E-state index is 3.08. The van der Waals surface area contributed by atoms with Crippen LogP contribution < -0.4 is 0 Å². The van der Waals surface area contributed by atoms with Crippen molar-refractivity contribution in [2.45, 2.75) is 27.2 Å². The molecule has 0 aromatic carbocycles. The van der Waals surface area contributed by atoms with E-state index in [1.54, 1.807) is 0 Å². The largest absolute Gasteiger partial charge is 0.0838 e. The summed E-state index contributed by atoms with van der Waals surface area (Å²) in [4.78, 5) is 0. The van der Waals surface area contributed by atoms with Crippen LogP contribution in [0.15, 0.2) is 17.7 Å². The predicted octanol–water partition coefficient (Wildman–Crippen LogP) is 2.72. The first-order valence-electron chi connectivity index (χ1n) is 2.92. The molecule has 0 heterocycles. The van der Waals surface area contributed by atoms with Crippen LogP contribution in [0.5, 0.6) is 0 Å². The Bertz CT molecular complexity index is 92.6. The quantitative estimate of drug-likeness (QED) is 0.478. The molecule has 0 aliphatic rings. The smallest absolute Gasteiger partial charge is 0.00955 e. The van der Waals surface area contributed by atoms with Crippen molar-refractivity contribution in [1.29, 1.82) is 0 Å². The van der Waals surface area contributed by atoms with Gasteiger partial charge in [0.25, 0.3) is 0 Å². The van der Waals surface area contributed by atoms with E-state index in [1.165, 1.54) is 5.57 Å². The first kappa shape index (κ1) is 7.48. The zero-order valence-corrected chi connectivity index (χ0v) is 5.86. The monoisotopic (exact) mass is 109 g/mol. The molecule has 0 unspecified atom stereocenters. The van der Waals surface area contributed by atoms with Gasteiger partial charge in [-0.3, -0.25) is 0 Å². The molecule has 0 fully saturated rings. The Morgan fingerprint density at radius 2 is 2.12 bits per heavy atom. The molecule has 0 aromatic heterocycles. The van der Waals surface area contributed by atoms with Gasteiger partial charge in [0, 0.05) is 0 Å². The van der Waals surface area contributed by atoms with Crippen LogP contribution in [0.2, 0.25) is 0 Å². The molecule has 0 saturated carbocycles. The van der Waals surface area contributed by atoms with Crippen molar-refractivity contribution < 1.29 is 0 Å². The molecule has 0 rings (SSSR count). The molecule has 0 aromatic rings. The first-order valence-corrected chi connectivity index (χ1v) is 2.92. The highest BCUT2D eigenvalue weighted by atomic mass is 13.8. The standard InChI is InChI=1S/C8H13/c1-4-5-6-7-8(2)3/h4,7H,6H2,1-3H3. The second kappa shape index (κ2) is 4.63. The van der Waals surface area contributed by atoms with Crippen LogP contribution in [0.25, 0.3) is 0 Å². The van der Waals surface area contributed by atoms with Gasteiger partial charge in [-0.2, -0.15) is 0 Å². The van der Waals surface area contributed by atoms with Crippen LogP contribution in [0.4, 0.5) is 0 Å². The van der Waals surface area contributed by atoms with Crippen molar-refractivity contribution in [3.05, 3.63) is 23.8 Å². The van der Waals surface area contributed by atoms with Crippen molar-refractivity contribution in [3.8, 4) is 0 Å². The summed E-state index contributed by atoms with van der Waals surface area (Å²) in [6.45, 7) is 6.17. The summed E-state index contributed by atoms with van der Waals surface area (Å²) in [7, 11) is 0. The summed E-state index contributed by atoms with van der Waals surface area (Å²) in [6, 6.07) is 0. The third kappa shape index (κ3) is 5.48. The molecule has 0 N–H and O–H groups in total. The molecule has 0 heteroatoms. The van der Waals surface area contributed by atoms with E-state index in [9.17, 15) is 0 Å². The Kier molecular flexibility index (Phi) is 4.33. The molecule has 0 aliphatic heterocycles. The summed E-state index contributed by atoms with van der Waals surface area (Å²) < 4.78 is 0. The molecule has 0 spiro atoms. The number of rotatable bonds is 2. The topological polar surface area (TPSA) is 0 Å². The maximum absolute atomic E-state index is 3.08. The van der Waals surface area contributed by atoms with E-state index in [-0.39, 0.29) is 0 Å². The lowest BCUT2D eigenvalue weighted by Crippen LogP contribution is -1.62. The molecular weight excluding hydrogens is 96.1 g/mol. The summed E-state index contributed by atoms with van der Waals surface area (Å²) in [5.41, 5.74) is 1.36. The van der Waals surface area contributed by atoms with Crippen molar-refractivity contribution in [1.82, 2.24) is 0 Å². The van der Waals surface area contributed by atoms with E-state index in [0.29, 0.717) is 0 Å². The van der Waals surface area contributed by atoms with Gasteiger partial charge >= 0.3 is 0 Å². The number of hydrogen-bond donors (Lipinski definition) is 0. The third-order valence-corrected chi connectivity index (χ3v) is 0.832. The van der Waals surface area contributed by atoms with Gasteiger partial charge in [0.05, 0.1) is 0 Å². The zero-order valence-electron chi connectivity index (χ0n) is 5.86. The Hall–Kier alpha value is -0.520. The minimum Gasteiger partial charge on any atom is -0.0838 e. The van der Waals surface area contributed by atoms with E-state index in [1.807, 2.05) is 13.0 Å². The Labute approximate surface area is 51.9 Å². The summed E-state index contributed by atoms with van der Waals surface area (Å²) in [5.74, 6) is 0. The zero-order chi connectivity index (χ0) is 6.41. The lowest BCUT2D eigenvalue weighted by Gasteiger charge is -1.82. The van der Waals surface area contributed by atoms with E-state index in [0.717, 1.165) is 6.42 Å². The molecule has 0 atom stereocenters. The van der Waals surface area contributed by atoms with Crippen LogP contribution in [0.1, 0.15) is 27.2 Å². The summed E-state index contributed by atoms with van der Waals surface area (Å²) in [6.07, 6.45) is 8.13. The van der Waals surface area contributed by atoms with E-state index >= 15 is 0 Å². The Balaban J connectivity index is 3.30. The minimum atomic E-state index is 0.957. The average Bonchev–Trinajstić information content (AvgIpc) is 1.66. The number of allylic oxidation sites excluding steroid dienone is 4. The Morgan fingerprint density at radius 1 is 1.50 bits per heavy atom.